The zero-order valence-corrected chi connectivity index (χ0v) is 23.0. The van der Waals surface area contributed by atoms with Crippen LogP contribution in [0.2, 0.25) is 5.02 Å². The van der Waals surface area contributed by atoms with Crippen LogP contribution in [-0.4, -0.2) is 67.0 Å². The summed E-state index contributed by atoms with van der Waals surface area (Å²) in [5.74, 6) is -0.251. The number of carbonyl (C=O) groups is 3. The molecule has 0 aliphatic carbocycles. The van der Waals surface area contributed by atoms with Gasteiger partial charge in [0, 0.05) is 56.3 Å². The quantitative estimate of drug-likeness (QED) is 0.292. The van der Waals surface area contributed by atoms with Gasteiger partial charge in [0.1, 0.15) is 5.69 Å². The first-order valence-corrected chi connectivity index (χ1v) is 13.6. The number of likely N-dealkylation sites (tertiary alicyclic amines) is 1. The number of aryl methyl sites for hydroxylation is 1. The summed E-state index contributed by atoms with van der Waals surface area (Å²) in [4.78, 5) is 55.9. The lowest BCUT2D eigenvalue weighted by Gasteiger charge is -2.38. The number of carbonyl (C=O) groups excluding carboxylic acids is 3. The first-order chi connectivity index (χ1) is 18.6. The summed E-state index contributed by atoms with van der Waals surface area (Å²) in [6.45, 7) is 3.13. The molecule has 0 unspecified atom stereocenters. The molecule has 1 fully saturated rings. The monoisotopic (exact) mass is 555 g/mol. The van der Waals surface area contributed by atoms with E-state index in [0.29, 0.717) is 85.3 Å². The van der Waals surface area contributed by atoms with Crippen molar-refractivity contribution >= 4 is 40.1 Å². The van der Waals surface area contributed by atoms with E-state index < -0.39 is 5.60 Å². The molecule has 2 N–H and O–H groups in total. The molecule has 0 saturated carbocycles. The number of aliphatic hydroxyl groups is 1. The maximum atomic E-state index is 12.8. The number of nitrogens with zero attached hydrogens (tertiary/aromatic N) is 4. The van der Waals surface area contributed by atoms with Crippen molar-refractivity contribution in [3.05, 3.63) is 63.4 Å². The van der Waals surface area contributed by atoms with Crippen LogP contribution >= 0.6 is 11.6 Å². The number of hydrogen-bond acceptors (Lipinski definition) is 6. The van der Waals surface area contributed by atoms with Crippen molar-refractivity contribution in [2.75, 3.05) is 19.6 Å². The van der Waals surface area contributed by atoms with Crippen molar-refractivity contribution in [1.82, 2.24) is 24.3 Å². The Kier molecular flexibility index (Phi) is 8.87. The van der Waals surface area contributed by atoms with Crippen LogP contribution in [0.5, 0.6) is 0 Å². The number of rotatable bonds is 10. The van der Waals surface area contributed by atoms with Crippen molar-refractivity contribution < 1.29 is 19.5 Å². The minimum Gasteiger partial charge on any atom is -0.388 e. The van der Waals surface area contributed by atoms with Crippen molar-refractivity contribution in [1.29, 1.82) is 0 Å². The number of unbranched alkanes of at least 4 members (excludes halogenated alkanes) is 1. The molecule has 0 atom stereocenters. The molecule has 11 heteroatoms. The highest BCUT2D eigenvalue weighted by Crippen LogP contribution is 2.25. The second kappa shape index (κ2) is 12.1. The zero-order chi connectivity index (χ0) is 28.2. The van der Waals surface area contributed by atoms with E-state index in [1.807, 2.05) is 0 Å². The fourth-order valence-electron chi connectivity index (χ4n) is 4.89. The van der Waals surface area contributed by atoms with Crippen LogP contribution in [0.25, 0.3) is 10.9 Å². The van der Waals surface area contributed by atoms with Crippen LogP contribution in [-0.2, 0) is 18.4 Å². The van der Waals surface area contributed by atoms with Crippen LogP contribution in [0.4, 0.5) is 0 Å². The third-order valence-electron chi connectivity index (χ3n) is 7.28. The van der Waals surface area contributed by atoms with Gasteiger partial charge in [-0.2, -0.15) is 0 Å². The zero-order valence-electron chi connectivity index (χ0n) is 22.3. The SMILES string of the molecule is CCC(=O)c1cc(C(=O)NCCCCC(=O)N2CCC(O)(Cn3cnc4cc(Cl)ccc4c3=O)CC2)n(C)c1. The highest BCUT2D eigenvalue weighted by molar-refractivity contribution is 6.31. The smallest absolute Gasteiger partial charge is 0.267 e. The van der Waals surface area contributed by atoms with E-state index in [1.165, 1.54) is 10.9 Å². The van der Waals surface area contributed by atoms with Crippen molar-refractivity contribution in [2.45, 2.75) is 57.6 Å². The molecule has 1 saturated heterocycles. The number of ketones is 1. The highest BCUT2D eigenvalue weighted by Gasteiger charge is 2.34. The minimum absolute atomic E-state index is 0.00921. The Bertz CT molecular complexity index is 1440. The van der Waals surface area contributed by atoms with Crippen molar-refractivity contribution in [2.24, 2.45) is 7.05 Å². The molecule has 4 rings (SSSR count). The number of aromatic nitrogens is 3. The van der Waals surface area contributed by atoms with Gasteiger partial charge in [-0.15, -0.1) is 0 Å². The second-order valence-corrected chi connectivity index (χ2v) is 10.6. The number of amides is 2. The lowest BCUT2D eigenvalue weighted by atomic mass is 9.91. The molecule has 1 aromatic carbocycles. The molecule has 2 amide bonds. The average Bonchev–Trinajstić information content (AvgIpc) is 3.31. The summed E-state index contributed by atoms with van der Waals surface area (Å²) in [6.07, 6.45) is 5.80. The molecule has 39 heavy (non-hydrogen) atoms. The highest BCUT2D eigenvalue weighted by atomic mass is 35.5. The lowest BCUT2D eigenvalue weighted by molar-refractivity contribution is -0.136. The molecule has 0 spiro atoms. The summed E-state index contributed by atoms with van der Waals surface area (Å²) < 4.78 is 3.06. The fourth-order valence-corrected chi connectivity index (χ4v) is 5.06. The van der Waals surface area contributed by atoms with Gasteiger partial charge in [-0.1, -0.05) is 18.5 Å². The van der Waals surface area contributed by atoms with Gasteiger partial charge in [0.25, 0.3) is 11.5 Å². The van der Waals surface area contributed by atoms with E-state index in [0.717, 1.165) is 0 Å². The number of nitrogens with one attached hydrogen (secondary N) is 1. The normalized spacial score (nSPS) is 14.9. The number of benzene rings is 1. The number of piperidine rings is 1. The van der Waals surface area contributed by atoms with Crippen molar-refractivity contribution in [3.63, 3.8) is 0 Å². The molecule has 10 nitrogen and oxygen atoms in total. The molecule has 3 heterocycles. The lowest BCUT2D eigenvalue weighted by Crippen LogP contribution is -2.49. The first-order valence-electron chi connectivity index (χ1n) is 13.2. The van der Waals surface area contributed by atoms with Gasteiger partial charge in [0.2, 0.25) is 5.91 Å². The van der Waals surface area contributed by atoms with E-state index in [2.05, 4.69) is 10.3 Å². The minimum atomic E-state index is -1.11. The van der Waals surface area contributed by atoms with E-state index in [-0.39, 0.29) is 29.7 Å². The number of fused-ring (bicyclic) bond motifs is 1. The Morgan fingerprint density at radius 3 is 2.62 bits per heavy atom. The van der Waals surface area contributed by atoms with Gasteiger partial charge in [-0.05, 0) is 49.9 Å². The van der Waals surface area contributed by atoms with Gasteiger partial charge < -0.3 is 19.9 Å². The van der Waals surface area contributed by atoms with Gasteiger partial charge in [-0.25, -0.2) is 4.98 Å². The van der Waals surface area contributed by atoms with Crippen LogP contribution in [0, 0.1) is 0 Å². The predicted molar refractivity (Wildman–Crippen MR) is 148 cm³/mol. The van der Waals surface area contributed by atoms with E-state index in [9.17, 15) is 24.3 Å². The van der Waals surface area contributed by atoms with Crippen LogP contribution < -0.4 is 10.9 Å². The molecule has 208 valence electrons. The Morgan fingerprint density at radius 2 is 1.90 bits per heavy atom. The summed E-state index contributed by atoms with van der Waals surface area (Å²) in [6, 6.07) is 6.50. The molecule has 0 radical (unpaired) electrons. The molecule has 1 aliphatic rings. The third kappa shape index (κ3) is 6.75. The van der Waals surface area contributed by atoms with E-state index in [4.69, 9.17) is 11.6 Å². The maximum absolute atomic E-state index is 12.8. The van der Waals surface area contributed by atoms with Gasteiger partial charge in [-0.3, -0.25) is 23.7 Å². The molecule has 0 bridgehead atoms. The summed E-state index contributed by atoms with van der Waals surface area (Å²) in [7, 11) is 1.73. The topological polar surface area (TPSA) is 127 Å². The molecular formula is C28H34ClN5O5. The standard InChI is InChI=1S/C28H34ClN5O5/c1-3-24(35)19-14-23(32(2)16-19)26(37)30-11-5-4-6-25(36)33-12-9-28(39,10-13-33)17-34-18-31-22-15-20(29)7-8-21(22)27(34)38/h7-8,14-16,18,39H,3-6,9-13,17H2,1-2H3,(H,30,37). The Hall–Kier alpha value is -3.50. The first kappa shape index (κ1) is 28.5. The molecule has 3 aromatic rings. The fraction of sp³-hybridized carbons (Fsp3) is 0.464. The Labute approximate surface area is 231 Å². The molecule has 1 aliphatic heterocycles. The largest absolute Gasteiger partial charge is 0.388 e. The number of Topliss-reactive ketones (excluding diaryl/α,β-unsaturated/α-hetero) is 1. The Balaban J connectivity index is 1.20. The van der Waals surface area contributed by atoms with Gasteiger partial charge in [0.15, 0.2) is 5.78 Å². The van der Waals surface area contributed by atoms with Gasteiger partial charge >= 0.3 is 0 Å². The van der Waals surface area contributed by atoms with Crippen LogP contribution in [0.3, 0.4) is 0 Å². The summed E-state index contributed by atoms with van der Waals surface area (Å²) >= 11 is 5.98. The van der Waals surface area contributed by atoms with E-state index >= 15 is 0 Å². The average molecular weight is 556 g/mol. The molecular weight excluding hydrogens is 522 g/mol. The predicted octanol–water partition coefficient (Wildman–Crippen LogP) is 2.93. The second-order valence-electron chi connectivity index (χ2n) is 10.2. The van der Waals surface area contributed by atoms with Gasteiger partial charge in [0.05, 0.1) is 29.4 Å². The van der Waals surface area contributed by atoms with Crippen molar-refractivity contribution in [3.8, 4) is 0 Å². The molecule has 2 aromatic heterocycles. The summed E-state index contributed by atoms with van der Waals surface area (Å²) in [5.41, 5.74) is 0.113. The van der Waals surface area contributed by atoms with Crippen LogP contribution in [0.1, 0.15) is 66.3 Å². The third-order valence-corrected chi connectivity index (χ3v) is 7.52. The van der Waals surface area contributed by atoms with Crippen LogP contribution in [0.15, 0.2) is 41.6 Å². The van der Waals surface area contributed by atoms with E-state index in [1.54, 1.807) is 53.9 Å². The Morgan fingerprint density at radius 1 is 1.15 bits per heavy atom. The number of halogens is 1. The number of hydrogen-bond donors (Lipinski definition) is 2. The summed E-state index contributed by atoms with van der Waals surface area (Å²) in [5, 5.41) is 14.9. The maximum Gasteiger partial charge on any atom is 0.267 e.